The fourth-order valence-electron chi connectivity index (χ4n) is 2.40. The Morgan fingerprint density at radius 2 is 1.75 bits per heavy atom. The summed E-state index contributed by atoms with van der Waals surface area (Å²) in [4.78, 5) is 24.7. The van der Waals surface area contributed by atoms with Gasteiger partial charge in [-0.2, -0.15) is 0 Å². The summed E-state index contributed by atoms with van der Waals surface area (Å²) in [5, 5.41) is 9.58. The average Bonchev–Trinajstić information content (AvgIpc) is 2.55. The normalized spacial score (nSPS) is 10.5. The number of benzene rings is 2. The van der Waals surface area contributed by atoms with E-state index in [9.17, 15) is 19.1 Å². The summed E-state index contributed by atoms with van der Waals surface area (Å²) in [7, 11) is 0. The van der Waals surface area contributed by atoms with Gasteiger partial charge in [0.1, 0.15) is 17.4 Å². The Kier molecular flexibility index (Phi) is 3.87. The van der Waals surface area contributed by atoms with Crippen LogP contribution < -0.4 is 11.3 Å². The van der Waals surface area contributed by atoms with Crippen molar-refractivity contribution in [1.82, 2.24) is 4.57 Å². The van der Waals surface area contributed by atoms with Gasteiger partial charge in [-0.15, -0.1) is 0 Å². The molecule has 5 nitrogen and oxygen atoms in total. The molecule has 0 spiro atoms. The van der Waals surface area contributed by atoms with Gasteiger partial charge in [-0.05, 0) is 42.5 Å². The topological polar surface area (TPSA) is 85.3 Å². The Bertz CT molecular complexity index is 978. The molecule has 120 valence electrons. The molecule has 24 heavy (non-hydrogen) atoms. The van der Waals surface area contributed by atoms with E-state index >= 15 is 0 Å². The van der Waals surface area contributed by atoms with Crippen LogP contribution in [0.25, 0.3) is 5.69 Å². The van der Waals surface area contributed by atoms with Crippen molar-refractivity contribution < 1.29 is 14.3 Å². The molecule has 0 aliphatic heterocycles. The predicted octanol–water partition coefficient (Wildman–Crippen LogP) is 2.50. The van der Waals surface area contributed by atoms with Crippen molar-refractivity contribution in [2.24, 2.45) is 0 Å². The molecular weight excluding hydrogens is 311 g/mol. The third-order valence-corrected chi connectivity index (χ3v) is 3.57. The first kappa shape index (κ1) is 15.5. The number of aromatic nitrogens is 1. The van der Waals surface area contributed by atoms with Gasteiger partial charge in [-0.25, -0.2) is 4.39 Å². The first-order valence-corrected chi connectivity index (χ1v) is 7.08. The van der Waals surface area contributed by atoms with Crippen molar-refractivity contribution in [3.8, 4) is 11.4 Å². The van der Waals surface area contributed by atoms with Crippen LogP contribution in [0.2, 0.25) is 0 Å². The predicted molar refractivity (Wildman–Crippen MR) is 87.9 cm³/mol. The van der Waals surface area contributed by atoms with E-state index in [1.807, 2.05) is 0 Å². The van der Waals surface area contributed by atoms with Gasteiger partial charge >= 0.3 is 0 Å². The molecule has 0 fully saturated rings. The summed E-state index contributed by atoms with van der Waals surface area (Å²) in [6.07, 6.45) is 0. The summed E-state index contributed by atoms with van der Waals surface area (Å²) in [6, 6.07) is 13.6. The number of rotatable bonds is 3. The summed E-state index contributed by atoms with van der Waals surface area (Å²) in [6.45, 7) is 0. The zero-order valence-corrected chi connectivity index (χ0v) is 12.4. The van der Waals surface area contributed by atoms with E-state index in [0.717, 1.165) is 4.57 Å². The summed E-state index contributed by atoms with van der Waals surface area (Å²) in [5.74, 6) is -0.970. The molecule has 1 aromatic heterocycles. The van der Waals surface area contributed by atoms with Gasteiger partial charge in [0.2, 0.25) is 0 Å². The van der Waals surface area contributed by atoms with E-state index in [2.05, 4.69) is 0 Å². The van der Waals surface area contributed by atoms with Crippen LogP contribution in [0.3, 0.4) is 0 Å². The van der Waals surface area contributed by atoms with Crippen molar-refractivity contribution in [1.29, 1.82) is 0 Å². The zero-order valence-electron chi connectivity index (χ0n) is 12.4. The number of phenolic OH excluding ortho intramolecular Hbond substituents is 1. The van der Waals surface area contributed by atoms with Gasteiger partial charge < -0.3 is 10.8 Å². The Morgan fingerprint density at radius 1 is 1.04 bits per heavy atom. The highest BCUT2D eigenvalue weighted by Gasteiger charge is 2.17. The number of nitrogens with two attached hydrogens (primary N) is 1. The third kappa shape index (κ3) is 2.77. The number of hydrogen-bond donors (Lipinski definition) is 2. The highest BCUT2D eigenvalue weighted by atomic mass is 19.1. The molecule has 0 saturated heterocycles. The molecule has 0 amide bonds. The Balaban J connectivity index is 2.14. The summed E-state index contributed by atoms with van der Waals surface area (Å²) >= 11 is 0. The van der Waals surface area contributed by atoms with Crippen LogP contribution in [0.4, 0.5) is 10.2 Å². The molecule has 0 radical (unpaired) electrons. The number of carbonyl (C=O) groups excluding carboxylic acids is 1. The molecule has 0 bridgehead atoms. The minimum Gasteiger partial charge on any atom is -0.508 e. The fraction of sp³-hybridized carbons (Fsp3) is 0. The SMILES string of the molecule is Nc1c(C(=O)c2ccc(F)cc2)ccc(=O)n1-c1cccc(O)c1. The largest absolute Gasteiger partial charge is 0.508 e. The number of pyridine rings is 1. The fourth-order valence-corrected chi connectivity index (χ4v) is 2.40. The van der Waals surface area contributed by atoms with E-state index in [4.69, 9.17) is 5.73 Å². The number of nitrogen functional groups attached to an aromatic ring is 1. The minimum absolute atomic E-state index is 0.0333. The average molecular weight is 324 g/mol. The molecule has 3 aromatic rings. The number of carbonyl (C=O) groups is 1. The van der Waals surface area contributed by atoms with Crippen LogP contribution in [0.15, 0.2) is 65.5 Å². The maximum absolute atomic E-state index is 13.0. The lowest BCUT2D eigenvalue weighted by molar-refractivity contribution is 0.103. The third-order valence-electron chi connectivity index (χ3n) is 3.57. The molecule has 0 atom stereocenters. The van der Waals surface area contributed by atoms with Gasteiger partial charge in [-0.1, -0.05) is 6.07 Å². The quantitative estimate of drug-likeness (QED) is 0.725. The lowest BCUT2D eigenvalue weighted by atomic mass is 10.0. The Hall–Kier alpha value is -3.41. The molecule has 0 saturated carbocycles. The van der Waals surface area contributed by atoms with Crippen molar-refractivity contribution in [3.63, 3.8) is 0 Å². The molecule has 1 heterocycles. The molecule has 6 heteroatoms. The lowest BCUT2D eigenvalue weighted by Crippen LogP contribution is -2.23. The summed E-state index contributed by atoms with van der Waals surface area (Å²) in [5.41, 5.74) is 6.29. The molecule has 2 aromatic carbocycles. The van der Waals surface area contributed by atoms with Crippen molar-refractivity contribution in [3.05, 3.63) is 88.0 Å². The summed E-state index contributed by atoms with van der Waals surface area (Å²) < 4.78 is 14.1. The molecule has 3 rings (SSSR count). The van der Waals surface area contributed by atoms with E-state index in [1.54, 1.807) is 12.1 Å². The standard InChI is InChI=1S/C18H13FN2O3/c19-12-6-4-11(5-7-12)17(24)15-8-9-16(23)21(18(15)20)13-2-1-3-14(22)10-13/h1-10,22H,20H2. The first-order chi connectivity index (χ1) is 11.5. The van der Waals surface area contributed by atoms with Crippen molar-refractivity contribution >= 4 is 11.6 Å². The van der Waals surface area contributed by atoms with Crippen LogP contribution >= 0.6 is 0 Å². The van der Waals surface area contributed by atoms with Crippen LogP contribution in [0.5, 0.6) is 5.75 Å². The lowest BCUT2D eigenvalue weighted by Gasteiger charge is -2.13. The Labute approximate surface area is 136 Å². The molecule has 0 aliphatic carbocycles. The second kappa shape index (κ2) is 6.00. The zero-order chi connectivity index (χ0) is 17.3. The van der Waals surface area contributed by atoms with Crippen LogP contribution in [-0.4, -0.2) is 15.5 Å². The highest BCUT2D eigenvalue weighted by Crippen LogP contribution is 2.21. The van der Waals surface area contributed by atoms with Gasteiger partial charge in [0.05, 0.1) is 11.3 Å². The van der Waals surface area contributed by atoms with E-state index in [0.29, 0.717) is 5.69 Å². The highest BCUT2D eigenvalue weighted by molar-refractivity contribution is 6.11. The maximum Gasteiger partial charge on any atom is 0.256 e. The van der Waals surface area contributed by atoms with E-state index in [-0.39, 0.29) is 22.7 Å². The van der Waals surface area contributed by atoms with Gasteiger partial charge in [0.25, 0.3) is 5.56 Å². The smallest absolute Gasteiger partial charge is 0.256 e. The second-order valence-electron chi connectivity index (χ2n) is 5.16. The molecule has 0 aliphatic rings. The second-order valence-corrected chi connectivity index (χ2v) is 5.16. The van der Waals surface area contributed by atoms with E-state index in [1.165, 1.54) is 48.5 Å². The van der Waals surface area contributed by atoms with Crippen LogP contribution in [-0.2, 0) is 0 Å². The number of hydrogen-bond acceptors (Lipinski definition) is 4. The number of ketones is 1. The number of halogens is 1. The Morgan fingerprint density at radius 3 is 2.42 bits per heavy atom. The van der Waals surface area contributed by atoms with Crippen molar-refractivity contribution in [2.45, 2.75) is 0 Å². The van der Waals surface area contributed by atoms with Crippen LogP contribution in [0.1, 0.15) is 15.9 Å². The molecule has 0 unspecified atom stereocenters. The molecular formula is C18H13FN2O3. The van der Waals surface area contributed by atoms with Gasteiger partial charge in [0, 0.05) is 17.7 Å². The number of aromatic hydroxyl groups is 1. The minimum atomic E-state index is -0.454. The maximum atomic E-state index is 13.0. The monoisotopic (exact) mass is 324 g/mol. The number of phenols is 1. The number of nitrogens with zero attached hydrogens (tertiary/aromatic N) is 1. The molecule has 3 N–H and O–H groups in total. The van der Waals surface area contributed by atoms with Crippen LogP contribution in [0, 0.1) is 5.82 Å². The van der Waals surface area contributed by atoms with Crippen molar-refractivity contribution in [2.75, 3.05) is 5.73 Å². The first-order valence-electron chi connectivity index (χ1n) is 7.08. The van der Waals surface area contributed by atoms with Gasteiger partial charge in [0.15, 0.2) is 5.78 Å². The number of anilines is 1. The van der Waals surface area contributed by atoms with Gasteiger partial charge in [-0.3, -0.25) is 14.2 Å². The van der Waals surface area contributed by atoms with E-state index < -0.39 is 17.2 Å².